The second-order valence-corrected chi connectivity index (χ2v) is 4.89. The molecule has 3 nitrogen and oxygen atoms in total. The first-order valence-corrected chi connectivity index (χ1v) is 6.10. The Hall–Kier alpha value is -1.68. The molecule has 0 spiro atoms. The summed E-state index contributed by atoms with van der Waals surface area (Å²) < 4.78 is 5.22. The zero-order chi connectivity index (χ0) is 12.3. The summed E-state index contributed by atoms with van der Waals surface area (Å²) in [6, 6.07) is 7.57. The van der Waals surface area contributed by atoms with Crippen LogP contribution in [0.25, 0.3) is 0 Å². The quantitative estimate of drug-likeness (QED) is 0.780. The van der Waals surface area contributed by atoms with Gasteiger partial charge in [-0.05, 0) is 13.0 Å². The lowest BCUT2D eigenvalue weighted by Gasteiger charge is -2.06. The number of rotatable bonds is 4. The Labute approximate surface area is 104 Å². The summed E-state index contributed by atoms with van der Waals surface area (Å²) in [5.41, 5.74) is 0.908. The van der Waals surface area contributed by atoms with Crippen LogP contribution in [0.2, 0.25) is 0 Å². The SMILES string of the molecule is COc1ccccc1CC(=O)c1cnc(C)s1. The average Bonchev–Trinajstić information content (AvgIpc) is 2.77. The van der Waals surface area contributed by atoms with Gasteiger partial charge in [-0.2, -0.15) is 0 Å². The van der Waals surface area contributed by atoms with E-state index >= 15 is 0 Å². The van der Waals surface area contributed by atoms with Gasteiger partial charge in [-0.25, -0.2) is 4.98 Å². The first kappa shape index (κ1) is 11.8. The van der Waals surface area contributed by atoms with Gasteiger partial charge < -0.3 is 4.74 Å². The van der Waals surface area contributed by atoms with Crippen molar-refractivity contribution in [3.63, 3.8) is 0 Å². The molecule has 2 aromatic rings. The monoisotopic (exact) mass is 247 g/mol. The van der Waals surface area contributed by atoms with E-state index in [1.165, 1.54) is 11.3 Å². The number of hydrogen-bond acceptors (Lipinski definition) is 4. The third kappa shape index (κ3) is 2.71. The average molecular weight is 247 g/mol. The third-order valence-electron chi connectivity index (χ3n) is 2.44. The molecule has 0 unspecified atom stereocenters. The molecular formula is C13H13NO2S. The summed E-state index contributed by atoms with van der Waals surface area (Å²) in [6.07, 6.45) is 1.99. The van der Waals surface area contributed by atoms with Gasteiger partial charge >= 0.3 is 0 Å². The molecule has 0 atom stereocenters. The van der Waals surface area contributed by atoms with Crippen molar-refractivity contribution in [1.82, 2.24) is 4.98 Å². The van der Waals surface area contributed by atoms with Crippen molar-refractivity contribution in [2.24, 2.45) is 0 Å². The number of thiazole rings is 1. The first-order valence-electron chi connectivity index (χ1n) is 5.28. The number of methoxy groups -OCH3 is 1. The molecule has 0 aliphatic heterocycles. The van der Waals surface area contributed by atoms with Crippen molar-refractivity contribution in [3.8, 4) is 5.75 Å². The maximum absolute atomic E-state index is 12.0. The molecule has 1 aromatic heterocycles. The van der Waals surface area contributed by atoms with E-state index in [-0.39, 0.29) is 5.78 Å². The van der Waals surface area contributed by atoms with Crippen LogP contribution in [0.4, 0.5) is 0 Å². The van der Waals surface area contributed by atoms with Crippen LogP contribution in [-0.4, -0.2) is 17.9 Å². The molecular weight excluding hydrogens is 234 g/mol. The molecule has 1 heterocycles. The summed E-state index contributed by atoms with van der Waals surface area (Å²) in [4.78, 5) is 16.8. The van der Waals surface area contributed by atoms with Gasteiger partial charge in [0.15, 0.2) is 5.78 Å². The number of aromatic nitrogens is 1. The fourth-order valence-corrected chi connectivity index (χ4v) is 2.31. The Morgan fingerprint density at radius 2 is 2.18 bits per heavy atom. The van der Waals surface area contributed by atoms with E-state index in [4.69, 9.17) is 4.74 Å². The van der Waals surface area contributed by atoms with Crippen LogP contribution in [0.1, 0.15) is 20.2 Å². The molecule has 0 aliphatic carbocycles. The molecule has 0 aliphatic rings. The number of ether oxygens (including phenoxy) is 1. The Bertz CT molecular complexity index is 534. The zero-order valence-corrected chi connectivity index (χ0v) is 10.6. The Morgan fingerprint density at radius 3 is 2.82 bits per heavy atom. The maximum atomic E-state index is 12.0. The Kier molecular flexibility index (Phi) is 3.54. The highest BCUT2D eigenvalue weighted by molar-refractivity contribution is 7.13. The van der Waals surface area contributed by atoms with Gasteiger partial charge in [0.2, 0.25) is 0 Å². The molecule has 0 saturated heterocycles. The van der Waals surface area contributed by atoms with E-state index in [9.17, 15) is 4.79 Å². The van der Waals surface area contributed by atoms with Crippen LogP contribution in [0.5, 0.6) is 5.75 Å². The van der Waals surface area contributed by atoms with Crippen LogP contribution < -0.4 is 4.74 Å². The molecule has 0 saturated carbocycles. The normalized spacial score (nSPS) is 10.2. The number of nitrogens with zero attached hydrogens (tertiary/aromatic N) is 1. The minimum Gasteiger partial charge on any atom is -0.496 e. The standard InChI is InChI=1S/C13H13NO2S/c1-9-14-8-13(17-9)11(15)7-10-5-3-4-6-12(10)16-2/h3-6,8H,7H2,1-2H3. The molecule has 1 aromatic carbocycles. The molecule has 17 heavy (non-hydrogen) atoms. The molecule has 4 heteroatoms. The van der Waals surface area contributed by atoms with Gasteiger partial charge in [0.05, 0.1) is 17.0 Å². The van der Waals surface area contributed by atoms with Crippen LogP contribution in [-0.2, 0) is 6.42 Å². The van der Waals surface area contributed by atoms with Gasteiger partial charge in [0.1, 0.15) is 5.75 Å². The number of benzene rings is 1. The van der Waals surface area contributed by atoms with Crippen LogP contribution in [0.3, 0.4) is 0 Å². The smallest absolute Gasteiger partial charge is 0.178 e. The van der Waals surface area contributed by atoms with Crippen molar-refractivity contribution in [2.45, 2.75) is 13.3 Å². The lowest BCUT2D eigenvalue weighted by Crippen LogP contribution is -2.02. The number of Topliss-reactive ketones (excluding diaryl/α,β-unsaturated/α-hetero) is 1. The molecule has 0 bridgehead atoms. The predicted octanol–water partition coefficient (Wildman–Crippen LogP) is 2.89. The minimum absolute atomic E-state index is 0.0834. The number of carbonyl (C=O) groups is 1. The number of hydrogen-bond donors (Lipinski definition) is 0. The molecule has 0 N–H and O–H groups in total. The second-order valence-electron chi connectivity index (χ2n) is 3.66. The summed E-state index contributed by atoms with van der Waals surface area (Å²) in [5.74, 6) is 0.835. The van der Waals surface area contributed by atoms with Gasteiger partial charge in [-0.3, -0.25) is 4.79 Å². The Morgan fingerprint density at radius 1 is 1.41 bits per heavy atom. The fourth-order valence-electron chi connectivity index (χ4n) is 1.60. The predicted molar refractivity (Wildman–Crippen MR) is 67.9 cm³/mol. The lowest BCUT2D eigenvalue weighted by molar-refractivity contribution is 0.0996. The Balaban J connectivity index is 2.18. The third-order valence-corrected chi connectivity index (χ3v) is 3.39. The summed E-state index contributed by atoms with van der Waals surface area (Å²) >= 11 is 1.43. The van der Waals surface area contributed by atoms with E-state index in [1.807, 2.05) is 31.2 Å². The molecule has 0 radical (unpaired) electrons. The van der Waals surface area contributed by atoms with Gasteiger partial charge in [0.25, 0.3) is 0 Å². The van der Waals surface area contributed by atoms with Crippen molar-refractivity contribution in [2.75, 3.05) is 7.11 Å². The van der Waals surface area contributed by atoms with Crippen molar-refractivity contribution < 1.29 is 9.53 Å². The van der Waals surface area contributed by atoms with Gasteiger partial charge in [0, 0.05) is 18.2 Å². The highest BCUT2D eigenvalue weighted by atomic mass is 32.1. The molecule has 0 amide bonds. The summed E-state index contributed by atoms with van der Waals surface area (Å²) in [7, 11) is 1.61. The van der Waals surface area contributed by atoms with Gasteiger partial charge in [-0.1, -0.05) is 18.2 Å². The van der Waals surface area contributed by atoms with Crippen LogP contribution in [0, 0.1) is 6.92 Å². The number of para-hydroxylation sites is 1. The van der Waals surface area contributed by atoms with E-state index in [2.05, 4.69) is 4.98 Å². The first-order chi connectivity index (χ1) is 8.20. The van der Waals surface area contributed by atoms with Crippen LogP contribution >= 0.6 is 11.3 Å². The highest BCUT2D eigenvalue weighted by Crippen LogP contribution is 2.21. The highest BCUT2D eigenvalue weighted by Gasteiger charge is 2.12. The number of carbonyl (C=O) groups excluding carboxylic acids is 1. The molecule has 0 fully saturated rings. The van der Waals surface area contributed by atoms with E-state index in [0.29, 0.717) is 11.3 Å². The zero-order valence-electron chi connectivity index (χ0n) is 9.77. The topological polar surface area (TPSA) is 39.2 Å². The van der Waals surface area contributed by atoms with E-state index in [0.717, 1.165) is 16.3 Å². The van der Waals surface area contributed by atoms with Crippen molar-refractivity contribution in [3.05, 3.63) is 45.9 Å². The minimum atomic E-state index is 0.0834. The van der Waals surface area contributed by atoms with Crippen molar-refractivity contribution >= 4 is 17.1 Å². The second kappa shape index (κ2) is 5.10. The maximum Gasteiger partial charge on any atom is 0.178 e. The molecule has 88 valence electrons. The lowest BCUT2D eigenvalue weighted by atomic mass is 10.1. The van der Waals surface area contributed by atoms with Gasteiger partial charge in [-0.15, -0.1) is 11.3 Å². The van der Waals surface area contributed by atoms with E-state index < -0.39 is 0 Å². The number of aryl methyl sites for hydroxylation is 1. The summed E-state index contributed by atoms with van der Waals surface area (Å²) in [5, 5.41) is 0.911. The molecule has 2 rings (SSSR count). The fraction of sp³-hybridized carbons (Fsp3) is 0.231. The largest absolute Gasteiger partial charge is 0.496 e. The number of ketones is 1. The van der Waals surface area contributed by atoms with E-state index in [1.54, 1.807) is 13.3 Å². The van der Waals surface area contributed by atoms with Crippen molar-refractivity contribution in [1.29, 1.82) is 0 Å². The summed E-state index contributed by atoms with van der Waals surface area (Å²) in [6.45, 7) is 1.89. The van der Waals surface area contributed by atoms with Crippen LogP contribution in [0.15, 0.2) is 30.5 Å².